The molecule has 3 heteroatoms. The molecule has 3 heterocycles. The van der Waals surface area contributed by atoms with Gasteiger partial charge in [0.1, 0.15) is 5.58 Å². The van der Waals surface area contributed by atoms with E-state index < -0.39 is 5.89 Å². The molecule has 0 amide bonds. The number of hydrogen-bond acceptors (Lipinski definition) is 3. The molecule has 3 nitrogen and oxygen atoms in total. The fraction of sp³-hybridized carbons (Fsp3) is 0.304. The first-order chi connectivity index (χ1) is 13.1. The Bertz CT molecular complexity index is 1140. The van der Waals surface area contributed by atoms with Crippen molar-refractivity contribution < 1.29 is 5.79 Å². The Kier molecular flexibility index (Phi) is 3.48. The summed E-state index contributed by atoms with van der Waals surface area (Å²) in [5.74, 6) is -0.490. The van der Waals surface area contributed by atoms with Crippen LogP contribution in [0.5, 0.6) is 0 Å². The summed E-state index contributed by atoms with van der Waals surface area (Å²) >= 11 is 0. The molecular weight excluding hydrogens is 320 g/mol. The van der Waals surface area contributed by atoms with Crippen molar-refractivity contribution in [1.29, 1.82) is 0 Å². The second kappa shape index (κ2) is 6.24. The van der Waals surface area contributed by atoms with E-state index >= 15 is 0 Å². The van der Waals surface area contributed by atoms with Crippen molar-refractivity contribution in [2.75, 3.05) is 0 Å². The largest absolute Gasteiger partial charge is 0.437 e. The zero-order chi connectivity index (χ0) is 18.4. The quantitative estimate of drug-likeness (QED) is 0.423. The van der Waals surface area contributed by atoms with E-state index in [-0.39, 0.29) is 0 Å². The molecule has 1 saturated carbocycles. The van der Waals surface area contributed by atoms with Crippen molar-refractivity contribution in [3.05, 3.63) is 59.9 Å². The molecule has 5 rings (SSSR count). The third-order valence-electron chi connectivity index (χ3n) is 5.40. The second-order valence-electron chi connectivity index (χ2n) is 7.18. The molecule has 3 aromatic heterocycles. The highest BCUT2D eigenvalue weighted by Crippen LogP contribution is 2.37. The van der Waals surface area contributed by atoms with Gasteiger partial charge in [-0.3, -0.25) is 4.98 Å². The molecule has 130 valence electrons. The lowest BCUT2D eigenvalue weighted by Gasteiger charge is -2.22. The summed E-state index contributed by atoms with van der Waals surface area (Å²) in [7, 11) is 0. The highest BCUT2D eigenvalue weighted by Gasteiger charge is 2.18. The van der Waals surface area contributed by atoms with Gasteiger partial charge in [0.05, 0.1) is 5.69 Å². The van der Waals surface area contributed by atoms with Crippen molar-refractivity contribution >= 4 is 22.1 Å². The van der Waals surface area contributed by atoms with E-state index in [0.717, 1.165) is 64.6 Å². The maximum atomic E-state index is 8.93. The Morgan fingerprint density at radius 3 is 2.81 bits per heavy atom. The number of aryl methyl sites for hydroxylation is 1. The number of aromatic nitrogens is 2. The number of pyridine rings is 2. The van der Waals surface area contributed by atoms with E-state index in [1.165, 1.54) is 6.42 Å². The van der Waals surface area contributed by atoms with Crippen LogP contribution in [0.3, 0.4) is 0 Å². The summed E-state index contributed by atoms with van der Waals surface area (Å²) in [5, 5.41) is 2.08. The summed E-state index contributed by atoms with van der Waals surface area (Å²) in [4.78, 5) is 9.14. The van der Waals surface area contributed by atoms with E-state index in [2.05, 4.69) is 28.2 Å². The number of nitrogens with zero attached hydrogens (tertiary/aromatic N) is 2. The van der Waals surface area contributed by atoms with Gasteiger partial charge in [-0.1, -0.05) is 31.4 Å². The zero-order valence-electron chi connectivity index (χ0n) is 16.0. The van der Waals surface area contributed by atoms with Crippen LogP contribution in [-0.4, -0.2) is 9.97 Å². The molecule has 26 heavy (non-hydrogen) atoms. The molecule has 1 aliphatic carbocycles. The van der Waals surface area contributed by atoms with Gasteiger partial charge in [0.2, 0.25) is 5.71 Å². The van der Waals surface area contributed by atoms with Gasteiger partial charge in [0.25, 0.3) is 0 Å². The lowest BCUT2D eigenvalue weighted by atomic mass is 9.84. The molecule has 0 bridgehead atoms. The van der Waals surface area contributed by atoms with Crippen LogP contribution < -0.4 is 0 Å². The SMILES string of the molecule is [2H]C1(c2ccnc(-c3cccc4c3oc3nc(C)ccc34)c2)CCCCC1. The van der Waals surface area contributed by atoms with Crippen LogP contribution in [0.4, 0.5) is 0 Å². The minimum Gasteiger partial charge on any atom is -0.437 e. The zero-order valence-corrected chi connectivity index (χ0v) is 15.0. The predicted octanol–water partition coefficient (Wildman–Crippen LogP) is 6.40. The molecule has 0 radical (unpaired) electrons. The van der Waals surface area contributed by atoms with Crippen molar-refractivity contribution in [3.63, 3.8) is 0 Å². The van der Waals surface area contributed by atoms with Crippen molar-refractivity contribution in [2.24, 2.45) is 0 Å². The average Bonchev–Trinajstić information content (AvgIpc) is 3.06. The minimum absolute atomic E-state index is 0.490. The van der Waals surface area contributed by atoms with E-state index in [0.29, 0.717) is 5.71 Å². The van der Waals surface area contributed by atoms with Crippen LogP contribution in [0.2, 0.25) is 0 Å². The van der Waals surface area contributed by atoms with Crippen molar-refractivity contribution in [3.8, 4) is 11.3 Å². The average molecular weight is 343 g/mol. The number of fused-ring (bicyclic) bond motifs is 3. The first-order valence-corrected chi connectivity index (χ1v) is 9.40. The van der Waals surface area contributed by atoms with Gasteiger partial charge >= 0.3 is 0 Å². The summed E-state index contributed by atoms with van der Waals surface area (Å²) in [6, 6.07) is 14.3. The molecular formula is C23H22N2O. The topological polar surface area (TPSA) is 38.9 Å². The Labute approximate surface area is 154 Å². The predicted molar refractivity (Wildman–Crippen MR) is 105 cm³/mol. The maximum absolute atomic E-state index is 8.93. The number of rotatable bonds is 2. The van der Waals surface area contributed by atoms with Gasteiger partial charge in [-0.05, 0) is 61.6 Å². The van der Waals surface area contributed by atoms with E-state index in [1.54, 1.807) is 0 Å². The summed E-state index contributed by atoms with van der Waals surface area (Å²) in [5.41, 5.74) is 5.32. The van der Waals surface area contributed by atoms with Crippen LogP contribution in [0.25, 0.3) is 33.3 Å². The van der Waals surface area contributed by atoms with Crippen LogP contribution in [0.1, 0.15) is 50.6 Å². The molecule has 0 saturated heterocycles. The Balaban J connectivity index is 1.67. The number of benzene rings is 1. The normalized spacial score (nSPS) is 17.5. The van der Waals surface area contributed by atoms with Crippen molar-refractivity contribution in [1.82, 2.24) is 9.97 Å². The van der Waals surface area contributed by atoms with E-state index in [9.17, 15) is 0 Å². The third kappa shape index (κ3) is 2.59. The summed E-state index contributed by atoms with van der Waals surface area (Å²) in [6.45, 7) is 1.97. The summed E-state index contributed by atoms with van der Waals surface area (Å²) < 4.78 is 15.1. The first kappa shape index (κ1) is 14.5. The molecule has 0 aliphatic heterocycles. The standard InChI is InChI=1S/C23H22N2O/c1-15-10-11-19-18-8-5-9-20(22(18)26-23(19)25-15)21-14-17(12-13-24-21)16-6-3-2-4-7-16/h5,8-14,16H,2-4,6-7H2,1H3/i16D. The Morgan fingerprint density at radius 2 is 1.92 bits per heavy atom. The van der Waals surface area contributed by atoms with E-state index in [4.69, 9.17) is 5.79 Å². The molecule has 0 unspecified atom stereocenters. The van der Waals surface area contributed by atoms with Gasteiger partial charge in [-0.25, -0.2) is 4.98 Å². The summed E-state index contributed by atoms with van der Waals surface area (Å²) in [6.07, 6.45) is 7.18. The lowest BCUT2D eigenvalue weighted by molar-refractivity contribution is 0.443. The molecule has 1 fully saturated rings. The number of furan rings is 1. The maximum Gasteiger partial charge on any atom is 0.227 e. The van der Waals surface area contributed by atoms with Gasteiger partial charge < -0.3 is 4.42 Å². The van der Waals surface area contributed by atoms with Crippen LogP contribution in [0, 0.1) is 6.92 Å². The van der Waals surface area contributed by atoms with Gasteiger partial charge in [-0.2, -0.15) is 0 Å². The van der Waals surface area contributed by atoms with Gasteiger partial charge in [0.15, 0.2) is 0 Å². The smallest absolute Gasteiger partial charge is 0.227 e. The Morgan fingerprint density at radius 1 is 1.04 bits per heavy atom. The third-order valence-corrected chi connectivity index (χ3v) is 5.40. The lowest BCUT2D eigenvalue weighted by Crippen LogP contribution is -2.04. The van der Waals surface area contributed by atoms with Crippen LogP contribution in [0.15, 0.2) is 53.1 Å². The number of para-hydroxylation sites is 1. The molecule has 4 aromatic rings. The highest BCUT2D eigenvalue weighted by molar-refractivity contribution is 6.08. The van der Waals surface area contributed by atoms with Crippen LogP contribution in [-0.2, 0) is 0 Å². The highest BCUT2D eigenvalue weighted by atomic mass is 16.3. The minimum atomic E-state index is -0.490. The monoisotopic (exact) mass is 343 g/mol. The molecule has 1 aromatic carbocycles. The van der Waals surface area contributed by atoms with E-state index in [1.807, 2.05) is 37.4 Å². The number of hydrogen-bond donors (Lipinski definition) is 0. The molecule has 0 atom stereocenters. The Hall–Kier alpha value is -2.68. The van der Waals surface area contributed by atoms with Gasteiger partial charge in [-0.15, -0.1) is 0 Å². The molecule has 1 aliphatic rings. The molecule has 0 N–H and O–H groups in total. The van der Waals surface area contributed by atoms with Crippen LogP contribution >= 0.6 is 0 Å². The fourth-order valence-electron chi connectivity index (χ4n) is 4.04. The van der Waals surface area contributed by atoms with Gasteiger partial charge in [0, 0.05) is 29.6 Å². The fourth-order valence-corrected chi connectivity index (χ4v) is 4.04. The second-order valence-corrected chi connectivity index (χ2v) is 7.18. The first-order valence-electron chi connectivity index (χ1n) is 9.90. The van der Waals surface area contributed by atoms with Crippen molar-refractivity contribution in [2.45, 2.75) is 44.9 Å². The molecule has 0 spiro atoms.